The Balaban J connectivity index is 4.17. The van der Waals surface area contributed by atoms with Crippen LogP contribution in [0.25, 0.3) is 0 Å². The Kier molecular flexibility index (Phi) is 43.3. The molecule has 10 heteroatoms. The number of rotatable bonds is 44. The van der Waals surface area contributed by atoms with Gasteiger partial charge in [0.25, 0.3) is 0 Å². The molecule has 0 aromatic rings. The molecule has 0 aromatic carbocycles. The summed E-state index contributed by atoms with van der Waals surface area (Å²) >= 11 is 0. The second kappa shape index (κ2) is 44.7. The van der Waals surface area contributed by atoms with E-state index < -0.39 is 39.2 Å². The fourth-order valence-electron chi connectivity index (χ4n) is 6.10. The van der Waals surface area contributed by atoms with Crippen LogP contribution >= 0.6 is 7.82 Å². The second-order valence-electron chi connectivity index (χ2n) is 15.4. The zero-order valence-corrected chi connectivity index (χ0v) is 37.9. The van der Waals surface area contributed by atoms with E-state index in [1.54, 1.807) is 0 Å². The van der Waals surface area contributed by atoms with Crippen molar-refractivity contribution in [3.05, 3.63) is 60.8 Å². The number of hydrogen-bond donors (Lipinski definition) is 3. The van der Waals surface area contributed by atoms with Gasteiger partial charge in [0.2, 0.25) is 0 Å². The van der Waals surface area contributed by atoms with Crippen molar-refractivity contribution in [1.29, 1.82) is 0 Å². The van der Waals surface area contributed by atoms with Gasteiger partial charge in [-0.1, -0.05) is 164 Å². The number of carbonyl (C=O) groups excluding carboxylic acids is 1. The Labute approximate surface area is 355 Å². The largest absolute Gasteiger partial charge is 0.472 e. The van der Waals surface area contributed by atoms with Gasteiger partial charge in [-0.25, -0.2) is 4.57 Å². The van der Waals surface area contributed by atoms with Gasteiger partial charge in [-0.05, 0) is 83.5 Å². The number of unbranched alkanes of at least 4 members (excludes halogenated alkanes) is 20. The molecule has 3 N–H and O–H groups in total. The first-order valence-corrected chi connectivity index (χ1v) is 24.8. The molecular formula is C48H87O9P. The van der Waals surface area contributed by atoms with Crippen LogP contribution < -0.4 is 0 Å². The molecule has 0 saturated heterocycles. The van der Waals surface area contributed by atoms with E-state index in [9.17, 15) is 19.4 Å². The molecule has 0 aromatic heterocycles. The molecule has 0 radical (unpaired) electrons. The number of phosphoric ester groups is 1. The Morgan fingerprint density at radius 3 is 1.43 bits per heavy atom. The van der Waals surface area contributed by atoms with E-state index in [0.29, 0.717) is 13.0 Å². The van der Waals surface area contributed by atoms with Crippen LogP contribution in [-0.2, 0) is 27.9 Å². The fourth-order valence-corrected chi connectivity index (χ4v) is 6.89. The number of aliphatic hydroxyl groups is 2. The molecule has 0 bridgehead atoms. The van der Waals surface area contributed by atoms with Gasteiger partial charge in [-0.15, -0.1) is 0 Å². The zero-order chi connectivity index (χ0) is 42.5. The van der Waals surface area contributed by atoms with Crippen LogP contribution in [0, 0.1) is 0 Å². The summed E-state index contributed by atoms with van der Waals surface area (Å²) in [5.41, 5.74) is 0. The van der Waals surface area contributed by atoms with Gasteiger partial charge < -0.3 is 24.6 Å². The van der Waals surface area contributed by atoms with Crippen LogP contribution in [0.2, 0.25) is 0 Å². The Bertz CT molecular complexity index is 1090. The Morgan fingerprint density at radius 2 is 0.931 bits per heavy atom. The standard InChI is InChI=1S/C48H87O9P/c1-3-5-7-9-11-13-15-17-19-20-21-22-23-24-25-27-29-31-33-35-37-39-41-54-44-47(45-56-58(52,53)55-43-46(50)42-49)57-48(51)40-38-36-34-32-30-28-26-18-16-14-12-10-8-6-4-2/h12,14-15,17-18,20-21,23-24,26,46-47,49-50H,3-11,13,16,19,22,25,27-45H2,1-2H3,(H,52,53)/b14-12-,17-15-,21-20-,24-23-,26-18-. The lowest BCUT2D eigenvalue weighted by Gasteiger charge is -2.20. The maximum Gasteiger partial charge on any atom is 0.472 e. The maximum atomic E-state index is 12.6. The molecule has 0 aliphatic carbocycles. The first-order valence-electron chi connectivity index (χ1n) is 23.3. The molecule has 0 heterocycles. The van der Waals surface area contributed by atoms with Crippen molar-refractivity contribution in [2.45, 2.75) is 206 Å². The van der Waals surface area contributed by atoms with E-state index in [1.807, 2.05) is 0 Å². The topological polar surface area (TPSA) is 132 Å². The van der Waals surface area contributed by atoms with Gasteiger partial charge in [0.15, 0.2) is 0 Å². The van der Waals surface area contributed by atoms with E-state index in [2.05, 4.69) is 74.6 Å². The van der Waals surface area contributed by atoms with Crippen molar-refractivity contribution >= 4 is 13.8 Å². The van der Waals surface area contributed by atoms with Crippen LogP contribution in [0.3, 0.4) is 0 Å². The van der Waals surface area contributed by atoms with Crippen molar-refractivity contribution in [1.82, 2.24) is 0 Å². The Hall–Kier alpha value is -1.84. The van der Waals surface area contributed by atoms with E-state index in [1.165, 1.54) is 89.9 Å². The Morgan fingerprint density at radius 1 is 0.534 bits per heavy atom. The van der Waals surface area contributed by atoms with Crippen LogP contribution in [0.15, 0.2) is 60.8 Å². The highest BCUT2D eigenvalue weighted by Crippen LogP contribution is 2.43. The van der Waals surface area contributed by atoms with Gasteiger partial charge in [-0.2, -0.15) is 0 Å². The average molecular weight is 839 g/mol. The number of esters is 1. The van der Waals surface area contributed by atoms with Gasteiger partial charge in [0.1, 0.15) is 12.2 Å². The van der Waals surface area contributed by atoms with Gasteiger partial charge in [-0.3, -0.25) is 13.8 Å². The minimum absolute atomic E-state index is 0.0345. The van der Waals surface area contributed by atoms with Crippen LogP contribution in [0.4, 0.5) is 0 Å². The number of ether oxygens (including phenoxy) is 2. The van der Waals surface area contributed by atoms with Crippen molar-refractivity contribution in [3.8, 4) is 0 Å². The number of hydrogen-bond acceptors (Lipinski definition) is 8. The number of allylic oxidation sites excluding steroid dienone is 10. The predicted molar refractivity (Wildman–Crippen MR) is 242 cm³/mol. The minimum Gasteiger partial charge on any atom is -0.457 e. The third-order valence-electron chi connectivity index (χ3n) is 9.68. The quantitative estimate of drug-likeness (QED) is 0.0237. The number of phosphoric acid groups is 1. The van der Waals surface area contributed by atoms with E-state index in [4.69, 9.17) is 23.6 Å². The summed E-state index contributed by atoms with van der Waals surface area (Å²) in [5, 5.41) is 18.4. The average Bonchev–Trinajstić information content (AvgIpc) is 3.21. The number of carbonyl (C=O) groups is 1. The molecular weight excluding hydrogens is 751 g/mol. The molecule has 0 saturated carbocycles. The van der Waals surface area contributed by atoms with Gasteiger partial charge in [0.05, 0.1) is 26.4 Å². The lowest BCUT2D eigenvalue weighted by Crippen LogP contribution is -2.29. The molecule has 0 aliphatic heterocycles. The summed E-state index contributed by atoms with van der Waals surface area (Å²) in [6.45, 7) is 3.44. The highest BCUT2D eigenvalue weighted by Gasteiger charge is 2.26. The molecule has 0 fully saturated rings. The summed E-state index contributed by atoms with van der Waals surface area (Å²) in [4.78, 5) is 22.6. The molecule has 58 heavy (non-hydrogen) atoms. The lowest BCUT2D eigenvalue weighted by atomic mass is 10.1. The normalized spacial score (nSPS) is 14.5. The van der Waals surface area contributed by atoms with Gasteiger partial charge >= 0.3 is 13.8 Å². The first kappa shape index (κ1) is 56.2. The predicted octanol–water partition coefficient (Wildman–Crippen LogP) is 13.1. The molecule has 0 amide bonds. The van der Waals surface area contributed by atoms with Crippen LogP contribution in [-0.4, -0.2) is 66.3 Å². The first-order chi connectivity index (χ1) is 28.3. The van der Waals surface area contributed by atoms with Crippen molar-refractivity contribution < 1.29 is 43.0 Å². The van der Waals surface area contributed by atoms with E-state index >= 15 is 0 Å². The van der Waals surface area contributed by atoms with E-state index in [-0.39, 0.29) is 19.6 Å². The molecule has 0 rings (SSSR count). The monoisotopic (exact) mass is 839 g/mol. The maximum absolute atomic E-state index is 12.6. The summed E-state index contributed by atoms with van der Waals surface area (Å²) < 4.78 is 33.4. The molecule has 0 aliphatic rings. The van der Waals surface area contributed by atoms with Crippen molar-refractivity contribution in [2.75, 3.05) is 33.0 Å². The molecule has 3 atom stereocenters. The highest BCUT2D eigenvalue weighted by atomic mass is 31.2. The SMILES string of the molecule is CCCCC/C=C\C/C=C\CCCCCCCC(=O)OC(COCCCCCCCCC/C=C\C/C=C\C/C=C\CCCCCCC)COP(=O)(O)OCC(O)CO. The third kappa shape index (κ3) is 43.7. The smallest absolute Gasteiger partial charge is 0.457 e. The van der Waals surface area contributed by atoms with Gasteiger partial charge in [0, 0.05) is 13.0 Å². The summed E-state index contributed by atoms with van der Waals surface area (Å²) in [5.74, 6) is -0.401. The zero-order valence-electron chi connectivity index (χ0n) is 37.0. The summed E-state index contributed by atoms with van der Waals surface area (Å²) in [6, 6.07) is 0. The van der Waals surface area contributed by atoms with Crippen LogP contribution in [0.1, 0.15) is 194 Å². The molecule has 9 nitrogen and oxygen atoms in total. The lowest BCUT2D eigenvalue weighted by molar-refractivity contribution is -0.154. The second-order valence-corrected chi connectivity index (χ2v) is 16.9. The number of aliphatic hydroxyl groups excluding tert-OH is 2. The third-order valence-corrected chi connectivity index (χ3v) is 10.6. The van der Waals surface area contributed by atoms with Crippen molar-refractivity contribution in [2.24, 2.45) is 0 Å². The summed E-state index contributed by atoms with van der Waals surface area (Å²) in [7, 11) is -4.53. The summed E-state index contributed by atoms with van der Waals surface area (Å²) in [6.07, 6.45) is 51.8. The fraction of sp³-hybridized carbons (Fsp3) is 0.771. The molecule has 338 valence electrons. The minimum atomic E-state index is -4.53. The van der Waals surface area contributed by atoms with Crippen LogP contribution in [0.5, 0.6) is 0 Å². The van der Waals surface area contributed by atoms with E-state index in [0.717, 1.165) is 77.0 Å². The molecule has 0 spiro atoms. The highest BCUT2D eigenvalue weighted by molar-refractivity contribution is 7.47. The van der Waals surface area contributed by atoms with Crippen molar-refractivity contribution in [3.63, 3.8) is 0 Å². The molecule has 3 unspecified atom stereocenters.